The van der Waals surface area contributed by atoms with Crippen LogP contribution in [-0.4, -0.2) is 48.6 Å². The molecular weight excluding hydrogens is 334 g/mol. The summed E-state index contributed by atoms with van der Waals surface area (Å²) in [5.41, 5.74) is 5.79. The van der Waals surface area contributed by atoms with E-state index >= 15 is 0 Å². The van der Waals surface area contributed by atoms with Crippen LogP contribution >= 0.6 is 0 Å². The molecule has 140 valence electrons. The summed E-state index contributed by atoms with van der Waals surface area (Å²) in [4.78, 5) is 20.9. The topological polar surface area (TPSA) is 35.9 Å². The molecule has 1 fully saturated rings. The van der Waals surface area contributed by atoms with E-state index in [4.69, 9.17) is 0 Å². The van der Waals surface area contributed by atoms with Gasteiger partial charge in [0.15, 0.2) is 0 Å². The third kappa shape index (κ3) is 4.72. The van der Waals surface area contributed by atoms with E-state index < -0.39 is 0 Å². The van der Waals surface area contributed by atoms with E-state index in [1.165, 1.54) is 16.7 Å². The molecular formula is C23H27N3O. The summed E-state index contributed by atoms with van der Waals surface area (Å²) in [6, 6.07) is 14.1. The third-order valence-electron chi connectivity index (χ3n) is 5.22. The number of para-hydroxylation sites is 1. The second-order valence-electron chi connectivity index (χ2n) is 7.02. The largest absolute Gasteiger partial charge is 0.337 e. The Kier molecular flexibility index (Phi) is 6.20. The Labute approximate surface area is 161 Å². The number of hydrogen-bond acceptors (Lipinski definition) is 3. The fourth-order valence-electron chi connectivity index (χ4n) is 3.49. The molecule has 3 rings (SSSR count). The van der Waals surface area contributed by atoms with Crippen molar-refractivity contribution in [3.05, 3.63) is 70.8 Å². The third-order valence-corrected chi connectivity index (χ3v) is 5.22. The van der Waals surface area contributed by atoms with Crippen LogP contribution in [-0.2, 0) is 11.3 Å². The Balaban J connectivity index is 1.56. The van der Waals surface area contributed by atoms with Gasteiger partial charge in [0.1, 0.15) is 0 Å². The summed E-state index contributed by atoms with van der Waals surface area (Å²) in [6.45, 7) is 12.2. The number of piperazine rings is 1. The van der Waals surface area contributed by atoms with Crippen molar-refractivity contribution < 1.29 is 4.79 Å². The van der Waals surface area contributed by atoms with E-state index in [2.05, 4.69) is 48.7 Å². The molecule has 0 atom stereocenters. The summed E-state index contributed by atoms with van der Waals surface area (Å²) in [5.74, 6) is 0.0561. The van der Waals surface area contributed by atoms with Crippen LogP contribution in [0.25, 0.3) is 6.08 Å². The van der Waals surface area contributed by atoms with Crippen LogP contribution in [0.4, 0.5) is 5.69 Å². The minimum atomic E-state index is 0.0561. The highest BCUT2D eigenvalue weighted by molar-refractivity contribution is 5.92. The summed E-state index contributed by atoms with van der Waals surface area (Å²) in [6.07, 6.45) is 3.47. The summed E-state index contributed by atoms with van der Waals surface area (Å²) >= 11 is 0. The van der Waals surface area contributed by atoms with Crippen molar-refractivity contribution in [2.45, 2.75) is 20.4 Å². The van der Waals surface area contributed by atoms with E-state index in [1.54, 1.807) is 6.08 Å². The lowest BCUT2D eigenvalue weighted by molar-refractivity contribution is -0.127. The second kappa shape index (κ2) is 8.78. The summed E-state index contributed by atoms with van der Waals surface area (Å²) in [7, 11) is 0. The lowest BCUT2D eigenvalue weighted by Crippen LogP contribution is -2.47. The lowest BCUT2D eigenvalue weighted by Gasteiger charge is -2.34. The molecule has 1 aliphatic rings. The number of carbonyl (C=O) groups excluding carboxylic acids is 1. The predicted molar refractivity (Wildman–Crippen MR) is 112 cm³/mol. The van der Waals surface area contributed by atoms with Gasteiger partial charge in [-0.2, -0.15) is 0 Å². The maximum absolute atomic E-state index is 12.5. The van der Waals surface area contributed by atoms with Gasteiger partial charge in [-0.25, -0.2) is 0 Å². The summed E-state index contributed by atoms with van der Waals surface area (Å²) in [5, 5.41) is 0. The first kappa shape index (κ1) is 19.1. The second-order valence-corrected chi connectivity index (χ2v) is 7.02. The van der Waals surface area contributed by atoms with Crippen molar-refractivity contribution in [3.63, 3.8) is 0 Å². The molecule has 4 heteroatoms. The molecule has 0 spiro atoms. The smallest absolute Gasteiger partial charge is 0.246 e. The zero-order valence-corrected chi connectivity index (χ0v) is 16.2. The molecule has 0 aromatic heterocycles. The zero-order chi connectivity index (χ0) is 19.2. The van der Waals surface area contributed by atoms with Crippen molar-refractivity contribution in [1.29, 1.82) is 0 Å². The van der Waals surface area contributed by atoms with Crippen LogP contribution in [0.15, 0.2) is 53.5 Å². The van der Waals surface area contributed by atoms with Crippen molar-refractivity contribution in [3.8, 4) is 0 Å². The standard InChI is InChI=1S/C23H27N3O/c1-18-7-6-8-19(2)21(18)17-25-13-15-26(16-14-25)23(27)12-11-20-9-4-5-10-22(20)24-3/h4-12H,3,13-17H2,1-2H3/b12-11+. The molecule has 2 aromatic rings. The lowest BCUT2D eigenvalue weighted by atomic mass is 10.0. The van der Waals surface area contributed by atoms with Gasteiger partial charge in [-0.15, -0.1) is 0 Å². The monoisotopic (exact) mass is 361 g/mol. The van der Waals surface area contributed by atoms with Crippen LogP contribution < -0.4 is 0 Å². The number of aryl methyl sites for hydroxylation is 2. The molecule has 0 N–H and O–H groups in total. The first-order valence-electron chi connectivity index (χ1n) is 9.38. The van der Waals surface area contributed by atoms with Crippen molar-refractivity contribution in [2.24, 2.45) is 4.99 Å². The highest BCUT2D eigenvalue weighted by atomic mass is 16.2. The molecule has 0 unspecified atom stereocenters. The normalized spacial score (nSPS) is 15.3. The maximum Gasteiger partial charge on any atom is 0.246 e. The maximum atomic E-state index is 12.5. The van der Waals surface area contributed by atoms with Gasteiger partial charge >= 0.3 is 0 Å². The first-order chi connectivity index (χ1) is 13.1. The van der Waals surface area contributed by atoms with E-state index in [0.29, 0.717) is 0 Å². The van der Waals surface area contributed by atoms with Crippen LogP contribution in [0.1, 0.15) is 22.3 Å². The molecule has 0 saturated carbocycles. The Morgan fingerprint density at radius 2 is 1.70 bits per heavy atom. The molecule has 1 saturated heterocycles. The molecule has 0 bridgehead atoms. The highest BCUT2D eigenvalue weighted by Gasteiger charge is 2.20. The van der Waals surface area contributed by atoms with Crippen molar-refractivity contribution >= 4 is 24.4 Å². The molecule has 4 nitrogen and oxygen atoms in total. The number of rotatable bonds is 5. The fraction of sp³-hybridized carbons (Fsp3) is 0.304. The van der Waals surface area contributed by atoms with E-state index in [1.807, 2.05) is 35.2 Å². The van der Waals surface area contributed by atoms with E-state index in [9.17, 15) is 4.79 Å². The molecule has 1 amide bonds. The fourth-order valence-corrected chi connectivity index (χ4v) is 3.49. The van der Waals surface area contributed by atoms with E-state index in [-0.39, 0.29) is 5.91 Å². The number of benzene rings is 2. The number of amides is 1. The SMILES string of the molecule is C=Nc1ccccc1/C=C/C(=O)N1CCN(Cc2c(C)cccc2C)CC1. The Bertz CT molecular complexity index is 828. The average Bonchev–Trinajstić information content (AvgIpc) is 2.69. The molecule has 0 radical (unpaired) electrons. The number of aliphatic imine (C=N–C) groups is 1. The van der Waals surface area contributed by atoms with Crippen molar-refractivity contribution in [2.75, 3.05) is 26.2 Å². The van der Waals surface area contributed by atoms with Gasteiger partial charge in [0, 0.05) is 44.4 Å². The van der Waals surface area contributed by atoms with Gasteiger partial charge in [0.25, 0.3) is 0 Å². The highest BCUT2D eigenvalue weighted by Crippen LogP contribution is 2.20. The minimum Gasteiger partial charge on any atom is -0.337 e. The van der Waals surface area contributed by atoms with E-state index in [0.717, 1.165) is 44.0 Å². The van der Waals surface area contributed by atoms with Gasteiger partial charge in [0.05, 0.1) is 5.69 Å². The molecule has 1 aliphatic heterocycles. The quantitative estimate of drug-likeness (QED) is 0.596. The van der Waals surface area contributed by atoms with Gasteiger partial charge in [-0.1, -0.05) is 36.4 Å². The van der Waals surface area contributed by atoms with Crippen LogP contribution in [0, 0.1) is 13.8 Å². The first-order valence-corrected chi connectivity index (χ1v) is 9.38. The minimum absolute atomic E-state index is 0.0561. The van der Waals surface area contributed by atoms with Gasteiger partial charge in [-0.3, -0.25) is 14.7 Å². The van der Waals surface area contributed by atoms with Crippen LogP contribution in [0.5, 0.6) is 0 Å². The van der Waals surface area contributed by atoms with Gasteiger partial charge < -0.3 is 4.90 Å². The Morgan fingerprint density at radius 3 is 2.37 bits per heavy atom. The van der Waals surface area contributed by atoms with Crippen molar-refractivity contribution in [1.82, 2.24) is 9.80 Å². The predicted octanol–water partition coefficient (Wildman–Crippen LogP) is 3.99. The Morgan fingerprint density at radius 1 is 1.04 bits per heavy atom. The van der Waals surface area contributed by atoms with Gasteiger partial charge in [0.2, 0.25) is 5.91 Å². The zero-order valence-electron chi connectivity index (χ0n) is 16.2. The number of carbonyl (C=O) groups is 1. The van der Waals surface area contributed by atoms with Crippen LogP contribution in [0.2, 0.25) is 0 Å². The molecule has 1 heterocycles. The Hall–Kier alpha value is -2.72. The summed E-state index contributed by atoms with van der Waals surface area (Å²) < 4.78 is 0. The van der Waals surface area contributed by atoms with Gasteiger partial charge in [-0.05, 0) is 49.4 Å². The molecule has 2 aromatic carbocycles. The van der Waals surface area contributed by atoms with Crippen LogP contribution in [0.3, 0.4) is 0 Å². The number of hydrogen-bond donors (Lipinski definition) is 0. The molecule has 0 aliphatic carbocycles. The average molecular weight is 361 g/mol. The number of nitrogens with zero attached hydrogens (tertiary/aromatic N) is 3. The molecule has 27 heavy (non-hydrogen) atoms.